The normalized spacial score (nSPS) is 31.6. The maximum atomic E-state index is 6.02. The molecule has 1 unspecified atom stereocenters. The summed E-state index contributed by atoms with van der Waals surface area (Å²) in [4.78, 5) is 2.65. The van der Waals surface area contributed by atoms with Crippen molar-refractivity contribution in [3.8, 4) is 0 Å². The van der Waals surface area contributed by atoms with Crippen LogP contribution in [0.4, 0.5) is 0 Å². The van der Waals surface area contributed by atoms with E-state index in [1.165, 1.54) is 51.1 Å². The number of nitrogens with one attached hydrogen (secondary N) is 1. The highest BCUT2D eigenvalue weighted by Gasteiger charge is 2.33. The van der Waals surface area contributed by atoms with E-state index in [1.54, 1.807) is 0 Å². The maximum Gasteiger partial charge on any atom is 0.00542 e. The second-order valence-electron chi connectivity index (χ2n) is 6.44. The highest BCUT2D eigenvalue weighted by Crippen LogP contribution is 2.32. The molecule has 2 saturated heterocycles. The van der Waals surface area contributed by atoms with Crippen LogP contribution in [-0.2, 0) is 0 Å². The molecule has 3 atom stereocenters. The van der Waals surface area contributed by atoms with Gasteiger partial charge < -0.3 is 16.0 Å². The van der Waals surface area contributed by atoms with Crippen molar-refractivity contribution >= 4 is 0 Å². The van der Waals surface area contributed by atoms with Gasteiger partial charge in [-0.1, -0.05) is 30.3 Å². The Balaban J connectivity index is 1.62. The van der Waals surface area contributed by atoms with Gasteiger partial charge in [0.15, 0.2) is 0 Å². The van der Waals surface area contributed by atoms with Crippen molar-refractivity contribution in [1.82, 2.24) is 10.2 Å². The van der Waals surface area contributed by atoms with Gasteiger partial charge in [-0.3, -0.25) is 0 Å². The molecular weight excluding hydrogens is 246 g/mol. The molecule has 2 heterocycles. The summed E-state index contributed by atoms with van der Waals surface area (Å²) in [5.41, 5.74) is 7.48. The Labute approximate surface area is 122 Å². The highest BCUT2D eigenvalue weighted by molar-refractivity contribution is 5.22. The lowest BCUT2D eigenvalue weighted by molar-refractivity contribution is 0.237. The molecule has 2 fully saturated rings. The van der Waals surface area contributed by atoms with Crippen LogP contribution in [0.15, 0.2) is 30.3 Å². The summed E-state index contributed by atoms with van der Waals surface area (Å²) in [6, 6.07) is 10.9. The molecule has 0 saturated carbocycles. The average molecular weight is 273 g/mol. The molecule has 0 bridgehead atoms. The summed E-state index contributed by atoms with van der Waals surface area (Å²) in [5.74, 6) is 2.07. The largest absolute Gasteiger partial charge is 0.330 e. The predicted octanol–water partition coefficient (Wildman–Crippen LogP) is 1.66. The van der Waals surface area contributed by atoms with Gasteiger partial charge in [-0.15, -0.1) is 0 Å². The smallest absolute Gasteiger partial charge is 0.00542 e. The Morgan fingerprint density at radius 1 is 1.20 bits per heavy atom. The van der Waals surface area contributed by atoms with Crippen LogP contribution in [0.2, 0.25) is 0 Å². The Hall–Kier alpha value is -0.900. The van der Waals surface area contributed by atoms with Gasteiger partial charge in [0.25, 0.3) is 0 Å². The number of rotatable bonds is 4. The zero-order chi connectivity index (χ0) is 13.8. The molecular formula is C17H27N3. The van der Waals surface area contributed by atoms with E-state index in [1.807, 2.05) is 0 Å². The molecule has 0 aliphatic carbocycles. The van der Waals surface area contributed by atoms with Crippen molar-refractivity contribution in [1.29, 1.82) is 0 Å². The third-order valence-corrected chi connectivity index (χ3v) is 4.96. The molecule has 1 aromatic rings. The first-order chi connectivity index (χ1) is 9.86. The van der Waals surface area contributed by atoms with Gasteiger partial charge in [0.2, 0.25) is 0 Å². The van der Waals surface area contributed by atoms with Crippen molar-refractivity contribution < 1.29 is 0 Å². The van der Waals surface area contributed by atoms with Crippen LogP contribution in [0, 0.1) is 11.8 Å². The minimum absolute atomic E-state index is 0.619. The molecule has 0 spiro atoms. The van der Waals surface area contributed by atoms with E-state index < -0.39 is 0 Å². The van der Waals surface area contributed by atoms with Crippen molar-refractivity contribution in [2.24, 2.45) is 17.6 Å². The molecule has 2 aliphatic heterocycles. The number of benzene rings is 1. The molecule has 20 heavy (non-hydrogen) atoms. The maximum absolute atomic E-state index is 6.02. The molecule has 2 aliphatic rings. The first-order valence-electron chi connectivity index (χ1n) is 8.05. The SMILES string of the molecule is NC[C@@H]1CN(CC2CCCNC2)C[C@H]1c1ccccc1. The second-order valence-corrected chi connectivity index (χ2v) is 6.44. The van der Waals surface area contributed by atoms with Crippen LogP contribution in [0.5, 0.6) is 0 Å². The monoisotopic (exact) mass is 273 g/mol. The zero-order valence-electron chi connectivity index (χ0n) is 12.3. The number of piperidine rings is 1. The highest BCUT2D eigenvalue weighted by atomic mass is 15.2. The van der Waals surface area contributed by atoms with Crippen LogP contribution in [0.25, 0.3) is 0 Å². The fraction of sp³-hybridized carbons (Fsp3) is 0.647. The van der Waals surface area contributed by atoms with Crippen LogP contribution in [0.1, 0.15) is 24.3 Å². The first kappa shape index (κ1) is 14.1. The standard InChI is InChI=1S/C17H27N3/c18-9-16-12-20(11-14-5-4-8-19-10-14)13-17(16)15-6-2-1-3-7-15/h1-3,6-7,14,16-17,19H,4-5,8-13,18H2/t14?,16-,17+/m1/s1. The van der Waals surface area contributed by atoms with Gasteiger partial charge in [-0.25, -0.2) is 0 Å². The summed E-state index contributed by atoms with van der Waals surface area (Å²) in [6.45, 7) is 6.80. The predicted molar refractivity (Wildman–Crippen MR) is 83.8 cm³/mol. The molecule has 110 valence electrons. The van der Waals surface area contributed by atoms with Crippen LogP contribution >= 0.6 is 0 Å². The third-order valence-electron chi connectivity index (χ3n) is 4.96. The lowest BCUT2D eigenvalue weighted by Gasteiger charge is -2.27. The lowest BCUT2D eigenvalue weighted by atomic mass is 9.89. The molecule has 3 nitrogen and oxygen atoms in total. The number of nitrogens with two attached hydrogens (primary N) is 1. The topological polar surface area (TPSA) is 41.3 Å². The Bertz CT molecular complexity index is 400. The minimum atomic E-state index is 0.619. The first-order valence-corrected chi connectivity index (χ1v) is 8.05. The van der Waals surface area contributed by atoms with Crippen LogP contribution in [0.3, 0.4) is 0 Å². The molecule has 1 aromatic carbocycles. The fourth-order valence-electron chi connectivity index (χ4n) is 3.87. The molecule has 0 radical (unpaired) electrons. The average Bonchev–Trinajstić information content (AvgIpc) is 2.92. The van der Waals surface area contributed by atoms with Gasteiger partial charge in [0.05, 0.1) is 0 Å². The summed E-state index contributed by atoms with van der Waals surface area (Å²) >= 11 is 0. The fourth-order valence-corrected chi connectivity index (χ4v) is 3.87. The molecule has 0 amide bonds. The number of hydrogen-bond donors (Lipinski definition) is 2. The van der Waals surface area contributed by atoms with E-state index in [4.69, 9.17) is 5.73 Å². The van der Waals surface area contributed by atoms with Crippen molar-refractivity contribution in [2.75, 3.05) is 39.3 Å². The van der Waals surface area contributed by atoms with Crippen molar-refractivity contribution in [3.05, 3.63) is 35.9 Å². The van der Waals surface area contributed by atoms with E-state index in [0.717, 1.165) is 12.5 Å². The van der Waals surface area contributed by atoms with E-state index in [0.29, 0.717) is 11.8 Å². The van der Waals surface area contributed by atoms with E-state index in [2.05, 4.69) is 40.5 Å². The molecule has 3 heteroatoms. The quantitative estimate of drug-likeness (QED) is 0.876. The Morgan fingerprint density at radius 2 is 2.05 bits per heavy atom. The molecule has 3 rings (SSSR count). The van der Waals surface area contributed by atoms with Gasteiger partial charge in [-0.05, 0) is 49.9 Å². The number of nitrogens with zero attached hydrogens (tertiary/aromatic N) is 1. The second kappa shape index (κ2) is 6.70. The van der Waals surface area contributed by atoms with Crippen molar-refractivity contribution in [2.45, 2.75) is 18.8 Å². The van der Waals surface area contributed by atoms with Gasteiger partial charge in [0.1, 0.15) is 0 Å². The summed E-state index contributed by atoms with van der Waals surface area (Å²) in [5, 5.41) is 3.53. The van der Waals surface area contributed by atoms with Crippen LogP contribution < -0.4 is 11.1 Å². The third kappa shape index (κ3) is 3.22. The molecule has 3 N–H and O–H groups in total. The van der Waals surface area contributed by atoms with Crippen molar-refractivity contribution in [3.63, 3.8) is 0 Å². The lowest BCUT2D eigenvalue weighted by Crippen LogP contribution is -2.37. The number of hydrogen-bond acceptors (Lipinski definition) is 3. The summed E-state index contributed by atoms with van der Waals surface area (Å²) in [6.07, 6.45) is 2.72. The zero-order valence-corrected chi connectivity index (χ0v) is 12.3. The molecule has 0 aromatic heterocycles. The summed E-state index contributed by atoms with van der Waals surface area (Å²) in [7, 11) is 0. The van der Waals surface area contributed by atoms with Gasteiger partial charge in [-0.2, -0.15) is 0 Å². The Morgan fingerprint density at radius 3 is 2.75 bits per heavy atom. The van der Waals surface area contributed by atoms with E-state index in [9.17, 15) is 0 Å². The van der Waals surface area contributed by atoms with Crippen LogP contribution in [-0.4, -0.2) is 44.2 Å². The van der Waals surface area contributed by atoms with Gasteiger partial charge >= 0.3 is 0 Å². The van der Waals surface area contributed by atoms with E-state index >= 15 is 0 Å². The Kier molecular flexibility index (Phi) is 4.71. The number of likely N-dealkylation sites (tertiary alicyclic amines) is 1. The summed E-state index contributed by atoms with van der Waals surface area (Å²) < 4.78 is 0. The van der Waals surface area contributed by atoms with E-state index in [-0.39, 0.29) is 0 Å². The van der Waals surface area contributed by atoms with Gasteiger partial charge in [0, 0.05) is 25.6 Å². The minimum Gasteiger partial charge on any atom is -0.330 e.